The monoisotopic (exact) mass is 709 g/mol. The van der Waals surface area contributed by atoms with Crippen LogP contribution in [0.4, 0.5) is 11.4 Å². The molecule has 1 aromatic heterocycles. The molecule has 6 atom stereocenters. The third kappa shape index (κ3) is 5.92. The minimum Gasteiger partial charge on any atom is -0.497 e. The topological polar surface area (TPSA) is 145 Å². The number of nitrogens with zero attached hydrogens (tertiary/aromatic N) is 4. The average molecular weight is 710 g/mol. The van der Waals surface area contributed by atoms with Gasteiger partial charge in [0.1, 0.15) is 5.75 Å². The van der Waals surface area contributed by atoms with Gasteiger partial charge in [-0.25, -0.2) is 0 Å². The lowest BCUT2D eigenvalue weighted by atomic mass is 9.82. The lowest BCUT2D eigenvalue weighted by Crippen LogP contribution is -2.55. The smallest absolute Gasteiger partial charge is 0.304 e. The van der Waals surface area contributed by atoms with Crippen LogP contribution in [-0.4, -0.2) is 72.0 Å². The van der Waals surface area contributed by atoms with Crippen molar-refractivity contribution in [1.82, 2.24) is 15.0 Å². The summed E-state index contributed by atoms with van der Waals surface area (Å²) in [6, 6.07) is 23.3. The van der Waals surface area contributed by atoms with Crippen molar-refractivity contribution in [2.45, 2.75) is 75.7 Å². The van der Waals surface area contributed by atoms with Crippen LogP contribution in [0.5, 0.6) is 5.75 Å². The number of ether oxygens (including phenoxy) is 3. The Morgan fingerprint density at radius 1 is 1.12 bits per heavy atom. The Labute approximate surface area is 297 Å². The molecule has 2 amide bonds. The number of aliphatic hydroxyl groups is 1. The number of carbonyl (C=O) groups is 3. The minimum atomic E-state index is -2.39. The molecule has 51 heavy (non-hydrogen) atoms. The van der Waals surface area contributed by atoms with Crippen LogP contribution in [0.25, 0.3) is 0 Å². The van der Waals surface area contributed by atoms with Gasteiger partial charge < -0.3 is 24.6 Å². The van der Waals surface area contributed by atoms with Crippen LogP contribution < -0.4 is 20.1 Å². The first-order valence-corrected chi connectivity index (χ1v) is 20.4. The number of carbonyl (C=O) groups excluding carboxylic acids is 3. The number of aromatic nitrogens is 3. The fourth-order valence-corrected chi connectivity index (χ4v) is 12.5. The summed E-state index contributed by atoms with van der Waals surface area (Å²) in [6.45, 7) is 8.43. The molecule has 0 saturated carbocycles. The van der Waals surface area contributed by atoms with Crippen molar-refractivity contribution in [3.8, 4) is 5.75 Å². The zero-order chi connectivity index (χ0) is 36.1. The van der Waals surface area contributed by atoms with Crippen molar-refractivity contribution in [3.63, 3.8) is 0 Å². The summed E-state index contributed by atoms with van der Waals surface area (Å²) in [6.07, 6.45) is 1.50. The maximum Gasteiger partial charge on any atom is 0.304 e. The van der Waals surface area contributed by atoms with Crippen molar-refractivity contribution < 1.29 is 33.7 Å². The van der Waals surface area contributed by atoms with E-state index in [-0.39, 0.29) is 48.3 Å². The van der Waals surface area contributed by atoms with E-state index in [9.17, 15) is 19.5 Å². The van der Waals surface area contributed by atoms with Crippen LogP contribution in [0.3, 0.4) is 0 Å². The van der Waals surface area contributed by atoms with E-state index in [0.717, 1.165) is 11.3 Å². The van der Waals surface area contributed by atoms with Gasteiger partial charge in [0, 0.05) is 42.5 Å². The standard InChI is InChI=1S/C38H43N5O7Si/c1-23-36(51(4,5)28-14-12-27(48-3)13-15-28)33(17-18-42-21-32(40-41-42)29(22-44)25-9-7-6-8-10-25)50-38(23)30-19-26(11-16-31(30)39-37(38)47)43-34(46)20-35(43)49-24(2)45/h6-16,19,21,23,29,33,35-36,44H,17-18,20,22H2,1-5H3,(H,39,47)/t23-,29?,33+,35?,36-,38+/m1/s1. The number of hydrogen-bond acceptors (Lipinski definition) is 9. The Morgan fingerprint density at radius 3 is 2.53 bits per heavy atom. The van der Waals surface area contributed by atoms with E-state index in [2.05, 4.69) is 47.8 Å². The third-order valence-corrected chi connectivity index (χ3v) is 15.4. The number of aliphatic hydroxyl groups excluding tert-OH is 1. The number of fused-ring (bicyclic) bond motifs is 2. The molecular weight excluding hydrogens is 667 g/mol. The van der Waals surface area contributed by atoms with E-state index in [4.69, 9.17) is 14.2 Å². The maximum atomic E-state index is 14.2. The number of β-lactam (4-membered cyclic amide) rings is 1. The SMILES string of the molecule is COc1ccc([Si](C)(C)[C@H]2[C@H](CCn3cc(C(CO)c4ccccc4)nn3)O[C@@]3(C(=O)Nc4ccc(N5C(=O)CC5OC(C)=O)cc43)[C@@H]2C)cc1. The van der Waals surface area contributed by atoms with E-state index in [1.165, 1.54) is 17.0 Å². The molecule has 1 spiro atoms. The van der Waals surface area contributed by atoms with Gasteiger partial charge >= 0.3 is 5.97 Å². The highest BCUT2D eigenvalue weighted by atomic mass is 28.3. The predicted octanol–water partition coefficient (Wildman–Crippen LogP) is 4.30. The summed E-state index contributed by atoms with van der Waals surface area (Å²) in [5, 5.41) is 23.3. The maximum absolute atomic E-state index is 14.2. The predicted molar refractivity (Wildman–Crippen MR) is 192 cm³/mol. The summed E-state index contributed by atoms with van der Waals surface area (Å²) in [7, 11) is -0.738. The summed E-state index contributed by atoms with van der Waals surface area (Å²) in [5.41, 5.74) is 2.15. The molecule has 7 rings (SSSR count). The minimum absolute atomic E-state index is 0.0109. The Kier molecular flexibility index (Phi) is 9.06. The Morgan fingerprint density at radius 2 is 1.86 bits per heavy atom. The van der Waals surface area contributed by atoms with E-state index in [0.29, 0.717) is 35.6 Å². The zero-order valence-corrected chi connectivity index (χ0v) is 30.4. The zero-order valence-electron chi connectivity index (χ0n) is 29.4. The highest BCUT2D eigenvalue weighted by Crippen LogP contribution is 2.59. The van der Waals surface area contributed by atoms with Gasteiger partial charge in [-0.1, -0.05) is 72.9 Å². The van der Waals surface area contributed by atoms with Gasteiger partial charge in [-0.05, 0) is 47.9 Å². The second kappa shape index (κ2) is 13.4. The number of aryl methyl sites for hydroxylation is 1. The number of hydrogen-bond donors (Lipinski definition) is 2. The third-order valence-electron chi connectivity index (χ3n) is 11.0. The Balaban J connectivity index is 1.23. The van der Waals surface area contributed by atoms with Crippen LogP contribution in [0.1, 0.15) is 49.4 Å². The molecule has 2 saturated heterocycles. The number of anilines is 2. The lowest BCUT2D eigenvalue weighted by molar-refractivity contribution is -0.153. The average Bonchev–Trinajstić information content (AvgIpc) is 3.78. The highest BCUT2D eigenvalue weighted by Gasteiger charge is 2.64. The first kappa shape index (κ1) is 34.6. The number of nitrogens with one attached hydrogen (secondary N) is 1. The quantitative estimate of drug-likeness (QED) is 0.132. The molecule has 2 unspecified atom stereocenters. The molecule has 0 aliphatic carbocycles. The van der Waals surface area contributed by atoms with Gasteiger partial charge in [0.05, 0.1) is 45.9 Å². The summed E-state index contributed by atoms with van der Waals surface area (Å²) in [4.78, 5) is 40.2. The van der Waals surface area contributed by atoms with E-state index in [1.807, 2.05) is 54.7 Å². The second-order valence-electron chi connectivity index (χ2n) is 14.2. The lowest BCUT2D eigenvalue weighted by Gasteiger charge is -2.39. The molecule has 12 nitrogen and oxygen atoms in total. The van der Waals surface area contributed by atoms with Crippen molar-refractivity contribution in [2.24, 2.45) is 5.92 Å². The highest BCUT2D eigenvalue weighted by molar-refractivity contribution is 6.91. The fourth-order valence-electron chi connectivity index (χ4n) is 8.42. The van der Waals surface area contributed by atoms with Crippen LogP contribution in [0.15, 0.2) is 79.0 Å². The van der Waals surface area contributed by atoms with Crippen molar-refractivity contribution >= 4 is 42.4 Å². The fraction of sp³-hybridized carbons (Fsp3) is 0.395. The Bertz CT molecular complexity index is 1950. The van der Waals surface area contributed by atoms with E-state index in [1.54, 1.807) is 23.9 Å². The molecule has 4 aromatic rings. The van der Waals surface area contributed by atoms with Gasteiger partial charge in [0.25, 0.3) is 5.91 Å². The van der Waals surface area contributed by atoms with Crippen molar-refractivity contribution in [2.75, 3.05) is 23.9 Å². The van der Waals surface area contributed by atoms with Crippen LogP contribution in [0.2, 0.25) is 18.6 Å². The molecule has 2 N–H and O–H groups in total. The van der Waals surface area contributed by atoms with Gasteiger partial charge in [0.2, 0.25) is 5.91 Å². The van der Waals surface area contributed by atoms with Crippen LogP contribution in [0, 0.1) is 5.92 Å². The van der Waals surface area contributed by atoms with Crippen molar-refractivity contribution in [1.29, 1.82) is 0 Å². The van der Waals surface area contributed by atoms with E-state index < -0.39 is 25.9 Å². The van der Waals surface area contributed by atoms with Gasteiger partial charge in [-0.3, -0.25) is 24.0 Å². The van der Waals surface area contributed by atoms with Gasteiger partial charge in [-0.2, -0.15) is 0 Å². The Hall–Kier alpha value is -4.85. The number of amides is 2. The summed E-state index contributed by atoms with van der Waals surface area (Å²) in [5.74, 6) is -0.649. The number of esters is 1. The normalized spacial score (nSPS) is 24.6. The van der Waals surface area contributed by atoms with E-state index >= 15 is 0 Å². The van der Waals surface area contributed by atoms with Gasteiger partial charge in [0.15, 0.2) is 11.8 Å². The number of rotatable bonds is 11. The molecule has 0 radical (unpaired) electrons. The van der Waals surface area contributed by atoms with Gasteiger partial charge in [-0.15, -0.1) is 5.10 Å². The molecule has 3 aromatic carbocycles. The van der Waals surface area contributed by atoms with Crippen LogP contribution in [-0.2, 0) is 36.0 Å². The molecule has 3 aliphatic rings. The number of benzene rings is 3. The molecular formula is C38H43N5O7Si. The van der Waals surface area contributed by atoms with Crippen LogP contribution >= 0.6 is 0 Å². The first-order chi connectivity index (χ1) is 24.5. The molecule has 2 fully saturated rings. The largest absolute Gasteiger partial charge is 0.497 e. The summed E-state index contributed by atoms with van der Waals surface area (Å²) < 4.78 is 19.7. The second-order valence-corrected chi connectivity index (χ2v) is 18.9. The molecule has 266 valence electrons. The molecule has 4 heterocycles. The molecule has 13 heteroatoms. The molecule has 0 bridgehead atoms. The first-order valence-electron chi connectivity index (χ1n) is 17.3. The van der Waals surface area contributed by atoms with Crippen molar-refractivity contribution in [3.05, 3.63) is 95.8 Å². The summed E-state index contributed by atoms with van der Waals surface area (Å²) >= 11 is 0. The molecule has 3 aliphatic heterocycles. The number of methoxy groups -OCH3 is 1.